The van der Waals surface area contributed by atoms with E-state index >= 15 is 0 Å². The molecule has 1 aromatic heterocycles. The molecule has 0 fully saturated rings. The van der Waals surface area contributed by atoms with Crippen LogP contribution in [0.4, 0.5) is 0 Å². The van der Waals surface area contributed by atoms with Crippen LogP contribution in [0.1, 0.15) is 23.1 Å². The van der Waals surface area contributed by atoms with E-state index in [4.69, 9.17) is 5.73 Å². The molecule has 0 aliphatic heterocycles. The number of nitrogens with two attached hydrogens (primary N) is 1. The molecule has 6 heteroatoms. The Kier molecular flexibility index (Phi) is 5.81. The Morgan fingerprint density at radius 3 is 2.67 bits per heavy atom. The second kappa shape index (κ2) is 6.31. The van der Waals surface area contributed by atoms with Gasteiger partial charge < -0.3 is 11.1 Å². The number of aromatic nitrogens is 2. The van der Waals surface area contributed by atoms with Gasteiger partial charge in [-0.1, -0.05) is 0 Å². The molecular weight excluding hydrogens is 216 g/mol. The summed E-state index contributed by atoms with van der Waals surface area (Å²) >= 11 is 0. The van der Waals surface area contributed by atoms with Crippen molar-refractivity contribution in [2.45, 2.75) is 19.9 Å². The molecular formula is C9H15ClN4O. The molecule has 1 unspecified atom stereocenters. The highest BCUT2D eigenvalue weighted by Crippen LogP contribution is 1.94. The summed E-state index contributed by atoms with van der Waals surface area (Å²) in [5, 5.41) is 2.70. The lowest BCUT2D eigenvalue weighted by atomic mass is 10.3. The maximum absolute atomic E-state index is 11.5. The number of hydrogen-bond donors (Lipinski definition) is 2. The van der Waals surface area contributed by atoms with Crippen molar-refractivity contribution in [2.24, 2.45) is 5.73 Å². The van der Waals surface area contributed by atoms with Crippen molar-refractivity contribution in [3.63, 3.8) is 0 Å². The Labute approximate surface area is 94.9 Å². The van der Waals surface area contributed by atoms with Crippen LogP contribution < -0.4 is 11.1 Å². The lowest BCUT2D eigenvalue weighted by Crippen LogP contribution is -2.38. The van der Waals surface area contributed by atoms with Gasteiger partial charge >= 0.3 is 0 Å². The summed E-state index contributed by atoms with van der Waals surface area (Å²) < 4.78 is 0. The highest BCUT2D eigenvalue weighted by molar-refractivity contribution is 5.92. The number of aryl methyl sites for hydroxylation is 1. The Morgan fingerprint density at radius 1 is 1.53 bits per heavy atom. The van der Waals surface area contributed by atoms with Gasteiger partial charge in [0, 0.05) is 18.8 Å². The lowest BCUT2D eigenvalue weighted by molar-refractivity contribution is 0.0936. The van der Waals surface area contributed by atoms with Crippen LogP contribution in [0.3, 0.4) is 0 Å². The summed E-state index contributed by atoms with van der Waals surface area (Å²) in [4.78, 5) is 19.4. The highest BCUT2D eigenvalue weighted by atomic mass is 35.5. The van der Waals surface area contributed by atoms with E-state index in [2.05, 4.69) is 15.3 Å². The maximum atomic E-state index is 11.5. The normalized spacial score (nSPS) is 11.4. The molecule has 0 aliphatic rings. The number of carbonyl (C=O) groups excluding carboxylic acids is 1. The Bertz CT molecular complexity index is 314. The third-order valence-electron chi connectivity index (χ3n) is 1.74. The van der Waals surface area contributed by atoms with Gasteiger partial charge in [-0.2, -0.15) is 0 Å². The predicted octanol–water partition coefficient (Wildman–Crippen LogP) is 0.284. The van der Waals surface area contributed by atoms with Crippen LogP contribution in [-0.2, 0) is 0 Å². The van der Waals surface area contributed by atoms with E-state index in [0.29, 0.717) is 12.2 Å². The molecule has 0 spiro atoms. The number of nitrogens with one attached hydrogen (secondary N) is 1. The summed E-state index contributed by atoms with van der Waals surface area (Å²) in [5.41, 5.74) is 6.47. The summed E-state index contributed by atoms with van der Waals surface area (Å²) in [6, 6.07) is -0.0504. The molecule has 0 aliphatic carbocycles. The molecule has 1 heterocycles. The molecule has 0 bridgehead atoms. The van der Waals surface area contributed by atoms with Gasteiger partial charge in [0.2, 0.25) is 0 Å². The van der Waals surface area contributed by atoms with Gasteiger partial charge in [-0.3, -0.25) is 9.78 Å². The van der Waals surface area contributed by atoms with Gasteiger partial charge in [-0.25, -0.2) is 4.98 Å². The van der Waals surface area contributed by atoms with Crippen LogP contribution in [0, 0.1) is 6.92 Å². The first-order valence-electron chi connectivity index (χ1n) is 4.43. The first-order valence-corrected chi connectivity index (χ1v) is 4.43. The van der Waals surface area contributed by atoms with Gasteiger partial charge in [-0.05, 0) is 13.8 Å². The average molecular weight is 231 g/mol. The molecule has 5 nitrogen and oxygen atoms in total. The van der Waals surface area contributed by atoms with E-state index in [9.17, 15) is 4.79 Å². The second-order valence-electron chi connectivity index (χ2n) is 3.15. The van der Waals surface area contributed by atoms with Gasteiger partial charge in [-0.15, -0.1) is 12.4 Å². The molecule has 1 aromatic rings. The fourth-order valence-corrected chi connectivity index (χ4v) is 0.866. The van der Waals surface area contributed by atoms with Gasteiger partial charge in [0.05, 0.1) is 11.9 Å². The Hall–Kier alpha value is -1.20. The molecule has 1 amide bonds. The molecule has 15 heavy (non-hydrogen) atoms. The van der Waals surface area contributed by atoms with E-state index in [1.54, 1.807) is 6.20 Å². The number of nitrogens with zero attached hydrogens (tertiary/aromatic N) is 2. The summed E-state index contributed by atoms with van der Waals surface area (Å²) in [7, 11) is 0. The monoisotopic (exact) mass is 230 g/mol. The zero-order chi connectivity index (χ0) is 10.6. The van der Waals surface area contributed by atoms with Crippen molar-refractivity contribution in [1.29, 1.82) is 0 Å². The van der Waals surface area contributed by atoms with Crippen LogP contribution in [0.15, 0.2) is 12.4 Å². The van der Waals surface area contributed by atoms with Crippen molar-refractivity contribution in [1.82, 2.24) is 15.3 Å². The number of carbonyl (C=O) groups is 1. The highest BCUT2D eigenvalue weighted by Gasteiger charge is 2.09. The van der Waals surface area contributed by atoms with Gasteiger partial charge in [0.15, 0.2) is 0 Å². The Balaban J connectivity index is 0.00000196. The fourth-order valence-electron chi connectivity index (χ4n) is 0.866. The van der Waals surface area contributed by atoms with E-state index in [1.807, 2.05) is 13.8 Å². The molecule has 0 aromatic carbocycles. The SMILES string of the molecule is Cc1cnc(C(=O)NC(C)CN)cn1.Cl. The second-order valence-corrected chi connectivity index (χ2v) is 3.15. The third kappa shape index (κ3) is 4.22. The summed E-state index contributed by atoms with van der Waals surface area (Å²) in [6.45, 7) is 4.06. The van der Waals surface area contributed by atoms with Crippen LogP contribution >= 0.6 is 12.4 Å². The topological polar surface area (TPSA) is 80.9 Å². The van der Waals surface area contributed by atoms with Crippen LogP contribution in [0.5, 0.6) is 0 Å². The molecule has 84 valence electrons. The molecule has 0 saturated heterocycles. The molecule has 0 saturated carbocycles. The van der Waals surface area contributed by atoms with Crippen molar-refractivity contribution < 1.29 is 4.79 Å². The molecule has 1 atom stereocenters. The van der Waals surface area contributed by atoms with Crippen LogP contribution in [0.25, 0.3) is 0 Å². The molecule has 0 radical (unpaired) electrons. The largest absolute Gasteiger partial charge is 0.347 e. The number of amides is 1. The van der Waals surface area contributed by atoms with E-state index in [0.717, 1.165) is 5.69 Å². The van der Waals surface area contributed by atoms with Crippen molar-refractivity contribution in [3.05, 3.63) is 23.8 Å². The number of rotatable bonds is 3. The lowest BCUT2D eigenvalue weighted by Gasteiger charge is -2.10. The third-order valence-corrected chi connectivity index (χ3v) is 1.74. The zero-order valence-corrected chi connectivity index (χ0v) is 9.54. The van der Waals surface area contributed by atoms with Gasteiger partial charge in [0.25, 0.3) is 5.91 Å². The predicted molar refractivity (Wildman–Crippen MR) is 60.0 cm³/mol. The van der Waals surface area contributed by atoms with E-state index in [-0.39, 0.29) is 24.4 Å². The first kappa shape index (κ1) is 13.8. The quantitative estimate of drug-likeness (QED) is 0.782. The summed E-state index contributed by atoms with van der Waals surface area (Å²) in [6.07, 6.45) is 3.01. The summed E-state index contributed by atoms with van der Waals surface area (Å²) in [5.74, 6) is -0.240. The van der Waals surface area contributed by atoms with Crippen LogP contribution in [-0.4, -0.2) is 28.5 Å². The fraction of sp³-hybridized carbons (Fsp3) is 0.444. The minimum atomic E-state index is -0.240. The van der Waals surface area contributed by atoms with Gasteiger partial charge in [0.1, 0.15) is 5.69 Å². The van der Waals surface area contributed by atoms with Crippen LogP contribution in [0.2, 0.25) is 0 Å². The zero-order valence-electron chi connectivity index (χ0n) is 8.73. The maximum Gasteiger partial charge on any atom is 0.271 e. The van der Waals surface area contributed by atoms with E-state index < -0.39 is 0 Å². The van der Waals surface area contributed by atoms with Crippen molar-refractivity contribution in [2.75, 3.05) is 6.54 Å². The molecule has 1 rings (SSSR count). The first-order chi connectivity index (χ1) is 6.63. The number of hydrogen-bond acceptors (Lipinski definition) is 4. The molecule has 3 N–H and O–H groups in total. The standard InChI is InChI=1S/C9H14N4O.ClH/c1-6(3-10)13-9(14)8-5-11-7(2)4-12-8;/h4-6H,3,10H2,1-2H3,(H,13,14);1H. The smallest absolute Gasteiger partial charge is 0.271 e. The average Bonchev–Trinajstić information content (AvgIpc) is 2.18. The minimum Gasteiger partial charge on any atom is -0.347 e. The van der Waals surface area contributed by atoms with Crippen molar-refractivity contribution in [3.8, 4) is 0 Å². The van der Waals surface area contributed by atoms with Crippen molar-refractivity contribution >= 4 is 18.3 Å². The Morgan fingerprint density at radius 2 is 2.20 bits per heavy atom. The minimum absolute atomic E-state index is 0. The number of halogens is 1. The van der Waals surface area contributed by atoms with E-state index in [1.165, 1.54) is 6.20 Å².